The SMILES string of the molecule is CC/C=C/C/C=C/C/C=C/C/C=C/CCCCC(=O)OC[C@@H](COP(=O)(O)OC1C(O)C(O)C(O)[C@H](O)C1O)OC(=O)CCCCCCCCCCC. The second kappa shape index (κ2) is 30.1. The van der Waals surface area contributed by atoms with E-state index in [-0.39, 0.29) is 12.8 Å². The van der Waals surface area contributed by atoms with Crippen molar-refractivity contribution >= 4 is 19.8 Å². The molecule has 0 heterocycles. The first-order chi connectivity index (χ1) is 25.4. The molecule has 6 unspecified atom stereocenters. The quantitative estimate of drug-likeness (QED) is 0.0213. The van der Waals surface area contributed by atoms with Crippen LogP contribution in [-0.4, -0.2) is 98.3 Å². The van der Waals surface area contributed by atoms with Gasteiger partial charge in [0.1, 0.15) is 43.2 Å². The first-order valence-corrected chi connectivity index (χ1v) is 20.9. The number of esters is 2. The molecule has 0 bridgehead atoms. The van der Waals surface area contributed by atoms with Crippen LogP contribution in [0.25, 0.3) is 0 Å². The molecule has 306 valence electrons. The van der Waals surface area contributed by atoms with Gasteiger partial charge in [0.2, 0.25) is 0 Å². The Bertz CT molecular complexity index is 1120. The van der Waals surface area contributed by atoms with Gasteiger partial charge in [-0.3, -0.25) is 18.6 Å². The van der Waals surface area contributed by atoms with Gasteiger partial charge >= 0.3 is 19.8 Å². The minimum Gasteiger partial charge on any atom is -0.462 e. The van der Waals surface area contributed by atoms with E-state index in [2.05, 4.69) is 62.5 Å². The van der Waals surface area contributed by atoms with Crippen LogP contribution >= 0.6 is 7.82 Å². The minimum atomic E-state index is -5.12. The van der Waals surface area contributed by atoms with Crippen molar-refractivity contribution in [2.45, 2.75) is 172 Å². The Labute approximate surface area is 316 Å². The van der Waals surface area contributed by atoms with Crippen molar-refractivity contribution in [1.82, 2.24) is 0 Å². The van der Waals surface area contributed by atoms with Gasteiger partial charge in [0.25, 0.3) is 0 Å². The number of aliphatic hydroxyl groups is 5. The zero-order chi connectivity index (χ0) is 39.3. The van der Waals surface area contributed by atoms with Gasteiger partial charge in [-0.05, 0) is 51.4 Å². The van der Waals surface area contributed by atoms with Crippen LogP contribution in [0.4, 0.5) is 0 Å². The second-order valence-electron chi connectivity index (χ2n) is 13.4. The number of hydrogen-bond donors (Lipinski definition) is 6. The summed E-state index contributed by atoms with van der Waals surface area (Å²) in [4.78, 5) is 35.4. The van der Waals surface area contributed by atoms with Crippen molar-refractivity contribution in [2.75, 3.05) is 13.2 Å². The summed E-state index contributed by atoms with van der Waals surface area (Å²) in [5, 5.41) is 49.9. The van der Waals surface area contributed by atoms with E-state index >= 15 is 0 Å². The molecule has 1 saturated carbocycles. The van der Waals surface area contributed by atoms with Crippen LogP contribution in [0.15, 0.2) is 48.6 Å². The average molecular weight is 775 g/mol. The number of phosphoric acid groups is 1. The molecule has 0 aliphatic heterocycles. The number of hydrogen-bond acceptors (Lipinski definition) is 12. The maximum Gasteiger partial charge on any atom is 0.472 e. The molecule has 0 radical (unpaired) electrons. The van der Waals surface area contributed by atoms with Gasteiger partial charge in [-0.1, -0.05) is 114 Å². The van der Waals surface area contributed by atoms with Gasteiger partial charge in [0.05, 0.1) is 6.61 Å². The van der Waals surface area contributed by atoms with Crippen molar-refractivity contribution in [3.8, 4) is 0 Å². The van der Waals surface area contributed by atoms with Gasteiger partial charge in [0, 0.05) is 12.8 Å². The maximum atomic E-state index is 12.7. The van der Waals surface area contributed by atoms with Gasteiger partial charge in [-0.15, -0.1) is 0 Å². The Morgan fingerprint density at radius 2 is 1.08 bits per heavy atom. The number of aliphatic hydroxyl groups excluding tert-OH is 5. The molecule has 0 saturated heterocycles. The van der Waals surface area contributed by atoms with Crippen LogP contribution in [0.5, 0.6) is 0 Å². The summed E-state index contributed by atoms with van der Waals surface area (Å²) < 4.78 is 33.2. The third-order valence-electron chi connectivity index (χ3n) is 8.68. The van der Waals surface area contributed by atoms with Gasteiger partial charge < -0.3 is 39.9 Å². The Morgan fingerprint density at radius 1 is 0.604 bits per heavy atom. The molecule has 6 N–H and O–H groups in total. The van der Waals surface area contributed by atoms with Crippen LogP contribution in [0.1, 0.15) is 129 Å². The fourth-order valence-electron chi connectivity index (χ4n) is 5.51. The van der Waals surface area contributed by atoms with Crippen LogP contribution in [0.3, 0.4) is 0 Å². The van der Waals surface area contributed by atoms with Crippen molar-refractivity contribution in [3.05, 3.63) is 48.6 Å². The van der Waals surface area contributed by atoms with Crippen LogP contribution in [0.2, 0.25) is 0 Å². The highest BCUT2D eigenvalue weighted by Crippen LogP contribution is 2.47. The highest BCUT2D eigenvalue weighted by molar-refractivity contribution is 7.47. The van der Waals surface area contributed by atoms with E-state index < -0.39 is 75.7 Å². The van der Waals surface area contributed by atoms with Crippen LogP contribution < -0.4 is 0 Å². The highest BCUT2D eigenvalue weighted by Gasteiger charge is 2.51. The molecule has 14 heteroatoms. The number of unbranched alkanes of at least 4 members (excludes halogenated alkanes) is 10. The van der Waals surface area contributed by atoms with E-state index in [0.29, 0.717) is 12.8 Å². The van der Waals surface area contributed by atoms with E-state index in [4.69, 9.17) is 18.5 Å². The molecule has 0 amide bonds. The molecule has 1 rings (SSSR count). The predicted octanol–water partition coefficient (Wildman–Crippen LogP) is 6.05. The zero-order valence-corrected chi connectivity index (χ0v) is 32.7. The Morgan fingerprint density at radius 3 is 1.64 bits per heavy atom. The lowest BCUT2D eigenvalue weighted by atomic mass is 9.85. The number of rotatable bonds is 30. The molecule has 1 aliphatic rings. The molecule has 1 aliphatic carbocycles. The standard InChI is InChI=1S/C39H67O13P/c1-3-5-7-9-11-13-14-15-16-17-18-20-21-23-25-27-32(40)49-29-31(51-33(41)28-26-24-22-19-12-10-8-6-4-2)30-50-53(47,48)52-39-37(45)35(43)34(42)36(44)38(39)46/h5,7,11,13,15-16,18,20,31,34-39,42-46H,3-4,6,8-10,12,14,17,19,21-30H2,1-2H3,(H,47,48)/b7-5+,13-11+,16-15+,20-18+/t31-,34?,35-,36?,37?,38?,39?/m0/s1. The van der Waals surface area contributed by atoms with Crippen molar-refractivity contribution in [3.63, 3.8) is 0 Å². The number of carbonyl (C=O) groups excluding carboxylic acids is 2. The summed E-state index contributed by atoms with van der Waals surface area (Å²) in [5.74, 6) is -1.16. The number of allylic oxidation sites excluding steroid dienone is 8. The summed E-state index contributed by atoms with van der Waals surface area (Å²) in [6.45, 7) is 3.07. The second-order valence-corrected chi connectivity index (χ2v) is 14.8. The first-order valence-electron chi connectivity index (χ1n) is 19.4. The summed E-state index contributed by atoms with van der Waals surface area (Å²) >= 11 is 0. The fraction of sp³-hybridized carbons (Fsp3) is 0.744. The van der Waals surface area contributed by atoms with Crippen molar-refractivity contribution in [1.29, 1.82) is 0 Å². The first kappa shape index (κ1) is 48.8. The third-order valence-corrected chi connectivity index (χ3v) is 9.67. The smallest absolute Gasteiger partial charge is 0.462 e. The third kappa shape index (κ3) is 23.4. The highest BCUT2D eigenvalue weighted by atomic mass is 31.2. The lowest BCUT2D eigenvalue weighted by molar-refractivity contribution is -0.220. The normalized spacial score (nSPS) is 24.0. The Hall–Kier alpha value is -2.19. The molecular weight excluding hydrogens is 707 g/mol. The summed E-state index contributed by atoms with van der Waals surface area (Å²) in [5.41, 5.74) is 0. The van der Waals surface area contributed by atoms with E-state index in [9.17, 15) is 44.6 Å². The van der Waals surface area contributed by atoms with Gasteiger partial charge in [-0.25, -0.2) is 4.57 Å². The topological polar surface area (TPSA) is 210 Å². The van der Waals surface area contributed by atoms with E-state index in [1.165, 1.54) is 25.7 Å². The zero-order valence-electron chi connectivity index (χ0n) is 31.8. The fourth-order valence-corrected chi connectivity index (χ4v) is 6.48. The molecule has 0 aromatic carbocycles. The average Bonchev–Trinajstić information content (AvgIpc) is 3.13. The molecule has 0 spiro atoms. The monoisotopic (exact) mass is 774 g/mol. The van der Waals surface area contributed by atoms with E-state index in [0.717, 1.165) is 64.2 Å². The van der Waals surface area contributed by atoms with E-state index in [1.807, 2.05) is 0 Å². The lowest BCUT2D eigenvalue weighted by Gasteiger charge is -2.41. The largest absolute Gasteiger partial charge is 0.472 e. The van der Waals surface area contributed by atoms with Crippen LogP contribution in [0, 0.1) is 0 Å². The van der Waals surface area contributed by atoms with Gasteiger partial charge in [-0.2, -0.15) is 0 Å². The minimum absolute atomic E-state index is 0.0867. The van der Waals surface area contributed by atoms with E-state index in [1.54, 1.807) is 0 Å². The maximum absolute atomic E-state index is 12.7. The molecule has 13 nitrogen and oxygen atoms in total. The molecule has 8 atom stereocenters. The molecule has 0 aromatic rings. The van der Waals surface area contributed by atoms with Gasteiger partial charge in [0.15, 0.2) is 6.10 Å². The number of phosphoric ester groups is 1. The van der Waals surface area contributed by atoms with Crippen molar-refractivity contribution in [2.24, 2.45) is 0 Å². The van der Waals surface area contributed by atoms with Crippen LogP contribution in [-0.2, 0) is 32.7 Å². The Kier molecular flexibility index (Phi) is 27.7. The number of carbonyl (C=O) groups is 2. The Balaban J connectivity index is 2.56. The summed E-state index contributed by atoms with van der Waals surface area (Å²) in [7, 11) is -5.12. The summed E-state index contributed by atoms with van der Waals surface area (Å²) in [6.07, 6.45) is 19.2. The van der Waals surface area contributed by atoms with Crippen molar-refractivity contribution < 1.29 is 63.1 Å². The molecule has 0 aromatic heterocycles. The number of ether oxygens (including phenoxy) is 2. The molecule has 53 heavy (non-hydrogen) atoms. The molecule has 1 fully saturated rings. The lowest BCUT2D eigenvalue weighted by Crippen LogP contribution is -2.64. The predicted molar refractivity (Wildman–Crippen MR) is 203 cm³/mol. The molecular formula is C39H67O13P. The summed E-state index contributed by atoms with van der Waals surface area (Å²) in [6, 6.07) is 0.